The Morgan fingerprint density at radius 2 is 1.81 bits per heavy atom. The lowest BCUT2D eigenvalue weighted by Crippen LogP contribution is -2.39. The summed E-state index contributed by atoms with van der Waals surface area (Å²) in [6, 6.07) is 19.8. The summed E-state index contributed by atoms with van der Waals surface area (Å²) in [4.78, 5) is 19.5. The van der Waals surface area contributed by atoms with E-state index in [1.165, 1.54) is 29.0 Å². The molecular formula is C29H23FN2O3S. The number of rotatable bonds is 4. The number of hydrogen-bond acceptors (Lipinski definition) is 5. The second kappa shape index (κ2) is 8.91. The summed E-state index contributed by atoms with van der Waals surface area (Å²) in [5.74, 6) is 0.898. The van der Waals surface area contributed by atoms with E-state index in [0.717, 1.165) is 40.8 Å². The molecule has 6 rings (SSSR count). The minimum atomic E-state index is -0.384. The minimum Gasteiger partial charge on any atom is -0.493 e. The quantitative estimate of drug-likeness (QED) is 0.417. The number of nitrogens with zero attached hydrogens (tertiary/aromatic N) is 2. The molecule has 0 amide bonds. The van der Waals surface area contributed by atoms with Gasteiger partial charge in [0, 0.05) is 11.1 Å². The van der Waals surface area contributed by atoms with Gasteiger partial charge >= 0.3 is 0 Å². The Labute approximate surface area is 211 Å². The van der Waals surface area contributed by atoms with E-state index in [4.69, 9.17) is 14.5 Å². The van der Waals surface area contributed by atoms with Gasteiger partial charge in [-0.05, 0) is 53.8 Å². The van der Waals surface area contributed by atoms with Gasteiger partial charge in [-0.1, -0.05) is 59.9 Å². The normalized spacial score (nSPS) is 16.6. The van der Waals surface area contributed by atoms with E-state index < -0.39 is 0 Å². The zero-order valence-electron chi connectivity index (χ0n) is 19.8. The zero-order chi connectivity index (χ0) is 24.8. The second-order valence-corrected chi connectivity index (χ2v) is 9.76. The van der Waals surface area contributed by atoms with E-state index in [0.29, 0.717) is 20.8 Å². The molecule has 0 radical (unpaired) electrons. The fourth-order valence-corrected chi connectivity index (χ4v) is 6.14. The highest BCUT2D eigenvalue weighted by Gasteiger charge is 2.34. The maximum Gasteiger partial charge on any atom is 0.271 e. The van der Waals surface area contributed by atoms with Crippen molar-refractivity contribution in [2.75, 3.05) is 14.2 Å². The van der Waals surface area contributed by atoms with Crippen molar-refractivity contribution in [3.05, 3.63) is 120 Å². The van der Waals surface area contributed by atoms with E-state index in [-0.39, 0.29) is 17.4 Å². The van der Waals surface area contributed by atoms with E-state index >= 15 is 0 Å². The number of aryl methyl sites for hydroxylation is 1. The molecule has 2 aliphatic rings. The van der Waals surface area contributed by atoms with Crippen molar-refractivity contribution >= 4 is 23.1 Å². The Morgan fingerprint density at radius 1 is 1.00 bits per heavy atom. The van der Waals surface area contributed by atoms with Gasteiger partial charge in [-0.3, -0.25) is 9.36 Å². The molecule has 0 saturated heterocycles. The topological polar surface area (TPSA) is 52.8 Å². The molecule has 3 aromatic carbocycles. The second-order valence-electron chi connectivity index (χ2n) is 8.75. The number of thiazole rings is 1. The van der Waals surface area contributed by atoms with Gasteiger partial charge in [0.25, 0.3) is 5.56 Å². The van der Waals surface area contributed by atoms with Crippen LogP contribution in [0.5, 0.6) is 11.5 Å². The Kier molecular flexibility index (Phi) is 5.57. The van der Waals surface area contributed by atoms with Gasteiger partial charge in [0.1, 0.15) is 5.82 Å². The van der Waals surface area contributed by atoms with Crippen molar-refractivity contribution in [2.45, 2.75) is 18.9 Å². The van der Waals surface area contributed by atoms with Crippen molar-refractivity contribution in [3.8, 4) is 11.5 Å². The van der Waals surface area contributed by atoms with Crippen LogP contribution in [0.4, 0.5) is 4.39 Å². The third-order valence-electron chi connectivity index (χ3n) is 6.77. The number of fused-ring (bicyclic) bond motifs is 3. The summed E-state index contributed by atoms with van der Waals surface area (Å²) in [5.41, 5.74) is 5.83. The van der Waals surface area contributed by atoms with Crippen LogP contribution in [0.3, 0.4) is 0 Å². The molecule has 180 valence electrons. The Morgan fingerprint density at radius 3 is 2.58 bits per heavy atom. The SMILES string of the molecule is COc1cccc(C2C3=C(N=c4sc(=Cc5ccc(F)cc5)c(=O)n42)c2ccccc2CC3)c1OC. The van der Waals surface area contributed by atoms with Gasteiger partial charge in [0.05, 0.1) is 30.5 Å². The van der Waals surface area contributed by atoms with Crippen LogP contribution < -0.4 is 24.4 Å². The number of para-hydroxylation sites is 1. The first-order valence-electron chi connectivity index (χ1n) is 11.7. The maximum atomic E-state index is 13.9. The summed E-state index contributed by atoms with van der Waals surface area (Å²) in [6.07, 6.45) is 3.44. The zero-order valence-corrected chi connectivity index (χ0v) is 20.6. The first kappa shape index (κ1) is 22.5. The molecule has 0 saturated carbocycles. The molecule has 0 fully saturated rings. The summed E-state index contributed by atoms with van der Waals surface area (Å²) in [6.45, 7) is 0. The predicted molar refractivity (Wildman–Crippen MR) is 139 cm³/mol. The number of hydrogen-bond donors (Lipinski definition) is 0. The van der Waals surface area contributed by atoms with Crippen LogP contribution in [0.15, 0.2) is 82.1 Å². The van der Waals surface area contributed by atoms with Crippen molar-refractivity contribution in [1.29, 1.82) is 0 Å². The molecule has 4 aromatic rings. The third-order valence-corrected chi connectivity index (χ3v) is 7.75. The molecule has 5 nitrogen and oxygen atoms in total. The van der Waals surface area contributed by atoms with Gasteiger partial charge in [0.15, 0.2) is 16.3 Å². The Bertz CT molecular complexity index is 1700. The highest BCUT2D eigenvalue weighted by Crippen LogP contribution is 2.45. The first-order chi connectivity index (χ1) is 17.6. The maximum absolute atomic E-state index is 13.9. The highest BCUT2D eigenvalue weighted by molar-refractivity contribution is 7.07. The lowest BCUT2D eigenvalue weighted by molar-refractivity contribution is 0.348. The molecule has 2 heterocycles. The molecular weight excluding hydrogens is 475 g/mol. The average Bonchev–Trinajstić information content (AvgIpc) is 3.22. The number of ether oxygens (including phenoxy) is 2. The Hall–Kier alpha value is -3.97. The standard InChI is InChI=1S/C29H23FN2O3S/c1-34-23-9-5-8-22(27(23)35-2)26-21-15-12-18-6-3-4-7-20(18)25(21)31-29-32(26)28(33)24(36-29)16-17-10-13-19(30)14-11-17/h3-11,13-14,16,26H,12,15H2,1-2H3. The fraction of sp³-hybridized carbons (Fsp3) is 0.172. The van der Waals surface area contributed by atoms with Crippen molar-refractivity contribution in [3.63, 3.8) is 0 Å². The predicted octanol–water partition coefficient (Wildman–Crippen LogP) is 4.48. The lowest BCUT2D eigenvalue weighted by atomic mass is 9.83. The summed E-state index contributed by atoms with van der Waals surface area (Å²) in [7, 11) is 3.22. The molecule has 1 atom stereocenters. The molecule has 0 N–H and O–H groups in total. The van der Waals surface area contributed by atoms with Crippen LogP contribution in [0.25, 0.3) is 11.8 Å². The fourth-order valence-electron chi connectivity index (χ4n) is 5.14. The van der Waals surface area contributed by atoms with Crippen LogP contribution in [0.2, 0.25) is 0 Å². The van der Waals surface area contributed by atoms with Crippen LogP contribution in [-0.2, 0) is 6.42 Å². The summed E-state index contributed by atoms with van der Waals surface area (Å²) >= 11 is 1.34. The van der Waals surface area contributed by atoms with Crippen molar-refractivity contribution in [2.24, 2.45) is 4.99 Å². The van der Waals surface area contributed by atoms with Gasteiger partial charge in [-0.2, -0.15) is 0 Å². The number of aromatic nitrogens is 1. The van der Waals surface area contributed by atoms with Gasteiger partial charge in [-0.15, -0.1) is 0 Å². The molecule has 0 bridgehead atoms. The molecule has 1 aromatic heterocycles. The molecule has 1 aliphatic heterocycles. The monoisotopic (exact) mass is 498 g/mol. The van der Waals surface area contributed by atoms with Crippen molar-refractivity contribution in [1.82, 2.24) is 4.57 Å². The first-order valence-corrected chi connectivity index (χ1v) is 12.5. The van der Waals surface area contributed by atoms with Crippen LogP contribution >= 0.6 is 11.3 Å². The largest absolute Gasteiger partial charge is 0.493 e. The van der Waals surface area contributed by atoms with E-state index in [1.54, 1.807) is 37.0 Å². The van der Waals surface area contributed by atoms with Gasteiger partial charge in [0.2, 0.25) is 0 Å². The molecule has 36 heavy (non-hydrogen) atoms. The van der Waals surface area contributed by atoms with Gasteiger partial charge in [-0.25, -0.2) is 9.38 Å². The number of benzene rings is 3. The smallest absolute Gasteiger partial charge is 0.271 e. The van der Waals surface area contributed by atoms with Crippen molar-refractivity contribution < 1.29 is 13.9 Å². The summed E-state index contributed by atoms with van der Waals surface area (Å²) in [5, 5.41) is 0. The lowest BCUT2D eigenvalue weighted by Gasteiger charge is -2.31. The van der Waals surface area contributed by atoms with Crippen LogP contribution in [0.1, 0.15) is 34.7 Å². The number of halogens is 1. The van der Waals surface area contributed by atoms with E-state index in [1.807, 2.05) is 30.3 Å². The number of methoxy groups -OCH3 is 2. The molecule has 0 spiro atoms. The molecule has 7 heteroatoms. The van der Waals surface area contributed by atoms with Gasteiger partial charge < -0.3 is 9.47 Å². The average molecular weight is 499 g/mol. The third kappa shape index (κ3) is 3.58. The van der Waals surface area contributed by atoms with E-state index in [9.17, 15) is 9.18 Å². The van der Waals surface area contributed by atoms with Crippen LogP contribution in [0, 0.1) is 5.82 Å². The minimum absolute atomic E-state index is 0.136. The molecule has 1 unspecified atom stereocenters. The Balaban J connectivity index is 1.65. The highest BCUT2D eigenvalue weighted by atomic mass is 32.1. The van der Waals surface area contributed by atoms with Crippen LogP contribution in [-0.4, -0.2) is 18.8 Å². The number of allylic oxidation sites excluding steroid dienone is 1. The molecule has 1 aliphatic carbocycles. The summed E-state index contributed by atoms with van der Waals surface area (Å²) < 4.78 is 27.1. The van der Waals surface area contributed by atoms with E-state index in [2.05, 4.69) is 12.1 Å².